The first-order valence-electron chi connectivity index (χ1n) is 4.45. The molecule has 1 heterocycles. The van der Waals surface area contributed by atoms with Crippen LogP contribution in [0.15, 0.2) is 33.8 Å². The predicted octanol–water partition coefficient (Wildman–Crippen LogP) is 1.24. The van der Waals surface area contributed by atoms with Crippen molar-refractivity contribution < 1.29 is 9.90 Å². The highest BCUT2D eigenvalue weighted by atomic mass is 79.9. The molecule has 0 saturated carbocycles. The van der Waals surface area contributed by atoms with Gasteiger partial charge in [-0.1, -0.05) is 6.07 Å². The number of carboxylic acid groups (broad SMARTS) is 1. The number of aliphatic carboxylic acids is 1. The molecule has 1 aromatic carbocycles. The van der Waals surface area contributed by atoms with Crippen molar-refractivity contribution >= 4 is 32.8 Å². The summed E-state index contributed by atoms with van der Waals surface area (Å²) in [7, 11) is 0. The minimum Gasteiger partial charge on any atom is -0.480 e. The van der Waals surface area contributed by atoms with Gasteiger partial charge in [-0.05, 0) is 28.1 Å². The lowest BCUT2D eigenvalue weighted by molar-refractivity contribution is -0.137. The van der Waals surface area contributed by atoms with Gasteiger partial charge in [0, 0.05) is 4.47 Å². The summed E-state index contributed by atoms with van der Waals surface area (Å²) in [6, 6.07) is 5.10. The van der Waals surface area contributed by atoms with E-state index in [1.807, 2.05) is 0 Å². The molecule has 0 spiro atoms. The maximum Gasteiger partial charge on any atom is 0.323 e. The standard InChI is InChI=1S/C10H7BrN2O3/c11-7-3-1-2-6-9(7)12-5-13(10(6)16)4-8(14)15/h1-3,5H,4H2,(H,14,15). The van der Waals surface area contributed by atoms with Gasteiger partial charge >= 0.3 is 5.97 Å². The van der Waals surface area contributed by atoms with Crippen molar-refractivity contribution in [2.75, 3.05) is 0 Å². The van der Waals surface area contributed by atoms with Gasteiger partial charge in [0.25, 0.3) is 5.56 Å². The molecule has 1 N–H and O–H groups in total. The van der Waals surface area contributed by atoms with E-state index in [0.29, 0.717) is 15.4 Å². The van der Waals surface area contributed by atoms with E-state index in [1.165, 1.54) is 6.33 Å². The molecule has 6 heteroatoms. The van der Waals surface area contributed by atoms with E-state index < -0.39 is 5.97 Å². The minimum absolute atomic E-state index is 0.353. The Kier molecular flexibility index (Phi) is 2.74. The summed E-state index contributed by atoms with van der Waals surface area (Å²) in [5.41, 5.74) is 0.183. The molecule has 0 aliphatic heterocycles. The molecule has 2 aromatic rings. The van der Waals surface area contributed by atoms with E-state index in [1.54, 1.807) is 18.2 Å². The van der Waals surface area contributed by atoms with Gasteiger partial charge in [-0.25, -0.2) is 4.98 Å². The topological polar surface area (TPSA) is 72.2 Å². The first-order chi connectivity index (χ1) is 7.59. The molecule has 0 aliphatic carbocycles. The number of benzene rings is 1. The van der Waals surface area contributed by atoms with Crippen molar-refractivity contribution in [1.82, 2.24) is 9.55 Å². The van der Waals surface area contributed by atoms with Gasteiger partial charge in [-0.2, -0.15) is 0 Å². The molecule has 5 nitrogen and oxygen atoms in total. The number of carbonyl (C=O) groups is 1. The van der Waals surface area contributed by atoms with Gasteiger partial charge in [0.1, 0.15) is 6.54 Å². The summed E-state index contributed by atoms with van der Waals surface area (Å²) >= 11 is 3.28. The van der Waals surface area contributed by atoms with E-state index >= 15 is 0 Å². The average molecular weight is 283 g/mol. The van der Waals surface area contributed by atoms with Gasteiger partial charge in [-0.3, -0.25) is 14.2 Å². The molecule has 0 unspecified atom stereocenters. The summed E-state index contributed by atoms with van der Waals surface area (Å²) in [5.74, 6) is -1.07. The fourth-order valence-electron chi connectivity index (χ4n) is 1.41. The van der Waals surface area contributed by atoms with Crippen molar-refractivity contribution in [3.8, 4) is 0 Å². The van der Waals surface area contributed by atoms with Gasteiger partial charge in [0.05, 0.1) is 17.2 Å². The van der Waals surface area contributed by atoms with Crippen LogP contribution in [-0.4, -0.2) is 20.6 Å². The average Bonchev–Trinajstić information content (AvgIpc) is 2.23. The Hall–Kier alpha value is -1.69. The molecular weight excluding hydrogens is 276 g/mol. The number of rotatable bonds is 2. The fourth-order valence-corrected chi connectivity index (χ4v) is 1.88. The Morgan fingerprint density at radius 1 is 1.50 bits per heavy atom. The van der Waals surface area contributed by atoms with E-state index in [0.717, 1.165) is 4.57 Å². The van der Waals surface area contributed by atoms with Crippen LogP contribution >= 0.6 is 15.9 Å². The summed E-state index contributed by atoms with van der Waals surface area (Å²) < 4.78 is 1.78. The Morgan fingerprint density at radius 3 is 2.94 bits per heavy atom. The molecule has 0 amide bonds. The second-order valence-electron chi connectivity index (χ2n) is 3.21. The lowest BCUT2D eigenvalue weighted by Gasteiger charge is -2.04. The number of hydrogen-bond donors (Lipinski definition) is 1. The van der Waals surface area contributed by atoms with Crippen LogP contribution in [0.4, 0.5) is 0 Å². The second kappa shape index (κ2) is 4.05. The molecular formula is C10H7BrN2O3. The van der Waals surface area contributed by atoms with Crippen molar-refractivity contribution in [2.45, 2.75) is 6.54 Å². The Balaban J connectivity index is 2.71. The molecule has 1 aromatic heterocycles. The highest BCUT2D eigenvalue weighted by molar-refractivity contribution is 9.10. The Morgan fingerprint density at radius 2 is 2.25 bits per heavy atom. The zero-order valence-electron chi connectivity index (χ0n) is 8.05. The number of fused-ring (bicyclic) bond motifs is 1. The van der Waals surface area contributed by atoms with Crippen molar-refractivity contribution in [3.63, 3.8) is 0 Å². The monoisotopic (exact) mass is 282 g/mol. The van der Waals surface area contributed by atoms with Crippen LogP contribution in [-0.2, 0) is 11.3 Å². The molecule has 16 heavy (non-hydrogen) atoms. The number of para-hydroxylation sites is 1. The predicted molar refractivity (Wildman–Crippen MR) is 61.3 cm³/mol. The summed E-state index contributed by atoms with van der Waals surface area (Å²) in [6.07, 6.45) is 1.24. The van der Waals surface area contributed by atoms with Gasteiger partial charge in [0.15, 0.2) is 0 Å². The number of aromatic nitrogens is 2. The quantitative estimate of drug-likeness (QED) is 0.900. The SMILES string of the molecule is O=C(O)Cn1cnc2c(Br)cccc2c1=O. The third kappa shape index (κ3) is 1.83. The molecule has 0 bridgehead atoms. The van der Waals surface area contributed by atoms with Gasteiger partial charge in [-0.15, -0.1) is 0 Å². The van der Waals surface area contributed by atoms with Crippen LogP contribution in [0.1, 0.15) is 0 Å². The Labute approximate surface area is 98.5 Å². The lowest BCUT2D eigenvalue weighted by atomic mass is 10.2. The molecule has 82 valence electrons. The van der Waals surface area contributed by atoms with Crippen LogP contribution in [0.3, 0.4) is 0 Å². The molecule has 0 atom stereocenters. The van der Waals surface area contributed by atoms with Crippen molar-refractivity contribution in [3.05, 3.63) is 39.4 Å². The summed E-state index contributed by atoms with van der Waals surface area (Å²) in [5, 5.41) is 9.02. The summed E-state index contributed by atoms with van der Waals surface area (Å²) in [4.78, 5) is 26.4. The molecule has 0 radical (unpaired) electrons. The van der Waals surface area contributed by atoms with Gasteiger partial charge < -0.3 is 5.11 Å². The van der Waals surface area contributed by atoms with Crippen LogP contribution in [0.5, 0.6) is 0 Å². The molecule has 0 fully saturated rings. The third-order valence-electron chi connectivity index (χ3n) is 2.11. The third-order valence-corrected chi connectivity index (χ3v) is 2.75. The number of carboxylic acids is 1. The van der Waals surface area contributed by atoms with E-state index in [2.05, 4.69) is 20.9 Å². The normalized spacial score (nSPS) is 10.6. The minimum atomic E-state index is -1.07. The lowest BCUT2D eigenvalue weighted by Crippen LogP contribution is -2.24. The molecule has 0 aliphatic rings. The zero-order valence-corrected chi connectivity index (χ0v) is 9.64. The fraction of sp³-hybridized carbons (Fsp3) is 0.100. The highest BCUT2D eigenvalue weighted by Gasteiger charge is 2.08. The van der Waals surface area contributed by atoms with Crippen molar-refractivity contribution in [1.29, 1.82) is 0 Å². The second-order valence-corrected chi connectivity index (χ2v) is 4.06. The van der Waals surface area contributed by atoms with Gasteiger partial charge in [0.2, 0.25) is 0 Å². The number of halogens is 1. The van der Waals surface area contributed by atoms with Crippen LogP contribution in [0, 0.1) is 0 Å². The van der Waals surface area contributed by atoms with Crippen LogP contribution in [0.2, 0.25) is 0 Å². The van der Waals surface area contributed by atoms with E-state index in [4.69, 9.17) is 5.11 Å². The smallest absolute Gasteiger partial charge is 0.323 e. The maximum absolute atomic E-state index is 11.9. The van der Waals surface area contributed by atoms with Crippen molar-refractivity contribution in [2.24, 2.45) is 0 Å². The van der Waals surface area contributed by atoms with E-state index in [-0.39, 0.29) is 12.1 Å². The van der Waals surface area contributed by atoms with Crippen LogP contribution in [0.25, 0.3) is 10.9 Å². The summed E-state index contributed by atoms with van der Waals surface area (Å²) in [6.45, 7) is -0.381. The largest absolute Gasteiger partial charge is 0.480 e. The maximum atomic E-state index is 11.9. The molecule has 0 saturated heterocycles. The van der Waals surface area contributed by atoms with E-state index in [9.17, 15) is 9.59 Å². The zero-order chi connectivity index (χ0) is 11.7. The van der Waals surface area contributed by atoms with Crippen LogP contribution < -0.4 is 5.56 Å². The Bertz CT molecular complexity index is 621. The highest BCUT2D eigenvalue weighted by Crippen LogP contribution is 2.18. The number of nitrogens with zero attached hydrogens (tertiary/aromatic N) is 2. The number of hydrogen-bond acceptors (Lipinski definition) is 3. The first-order valence-corrected chi connectivity index (χ1v) is 5.24. The first kappa shape index (κ1) is 10.8. The molecule has 2 rings (SSSR count).